The van der Waals surface area contributed by atoms with Crippen molar-refractivity contribution >= 4 is 23.2 Å². The van der Waals surface area contributed by atoms with Gasteiger partial charge in [0.2, 0.25) is 0 Å². The van der Waals surface area contributed by atoms with E-state index in [2.05, 4.69) is 5.32 Å². The van der Waals surface area contributed by atoms with Gasteiger partial charge in [-0.2, -0.15) is 0 Å². The highest BCUT2D eigenvalue weighted by atomic mass is 35.5. The Hall–Kier alpha value is -0.310. The molecule has 0 heterocycles. The fourth-order valence-electron chi connectivity index (χ4n) is 1.09. The molecule has 0 aliphatic carbocycles. The van der Waals surface area contributed by atoms with Crippen molar-refractivity contribution in [2.24, 2.45) is 0 Å². The molecule has 1 rings (SSSR count). The van der Waals surface area contributed by atoms with Crippen LogP contribution < -0.4 is 5.32 Å². The largest absolute Gasteiger partial charge is 0.311 e. The van der Waals surface area contributed by atoms with Crippen LogP contribution in [0, 0.1) is 5.82 Å². The van der Waals surface area contributed by atoms with Crippen molar-refractivity contribution in [3.05, 3.63) is 34.6 Å². The van der Waals surface area contributed by atoms with Crippen LogP contribution in [0.3, 0.4) is 0 Å². The van der Waals surface area contributed by atoms with Crippen LogP contribution in [0.4, 0.5) is 4.39 Å². The van der Waals surface area contributed by atoms with E-state index in [0.29, 0.717) is 18.7 Å². The SMILES string of the molecule is CC(Cl)CNCc1cccc(Cl)c1F. The first-order chi connectivity index (χ1) is 6.61. The predicted molar refractivity (Wildman–Crippen MR) is 58.4 cm³/mol. The van der Waals surface area contributed by atoms with E-state index in [0.717, 1.165) is 0 Å². The molecule has 1 nitrogen and oxygen atoms in total. The maximum Gasteiger partial charge on any atom is 0.146 e. The summed E-state index contributed by atoms with van der Waals surface area (Å²) >= 11 is 11.4. The summed E-state index contributed by atoms with van der Waals surface area (Å²) in [4.78, 5) is 0. The van der Waals surface area contributed by atoms with Crippen LogP contribution in [0.15, 0.2) is 18.2 Å². The van der Waals surface area contributed by atoms with E-state index >= 15 is 0 Å². The van der Waals surface area contributed by atoms with Gasteiger partial charge in [0.1, 0.15) is 5.82 Å². The van der Waals surface area contributed by atoms with E-state index in [1.165, 1.54) is 6.07 Å². The smallest absolute Gasteiger partial charge is 0.146 e. The summed E-state index contributed by atoms with van der Waals surface area (Å²) in [6, 6.07) is 4.96. The molecule has 0 bridgehead atoms. The molecule has 0 aliphatic rings. The first-order valence-electron chi connectivity index (χ1n) is 4.39. The van der Waals surface area contributed by atoms with Crippen molar-refractivity contribution < 1.29 is 4.39 Å². The second-order valence-corrected chi connectivity index (χ2v) is 4.28. The van der Waals surface area contributed by atoms with E-state index in [9.17, 15) is 4.39 Å². The van der Waals surface area contributed by atoms with Crippen molar-refractivity contribution in [1.82, 2.24) is 5.32 Å². The van der Waals surface area contributed by atoms with Gasteiger partial charge in [0, 0.05) is 24.0 Å². The Kier molecular flexibility index (Phi) is 4.66. The molecule has 1 N–H and O–H groups in total. The lowest BCUT2D eigenvalue weighted by Crippen LogP contribution is -2.21. The highest BCUT2D eigenvalue weighted by Crippen LogP contribution is 2.17. The highest BCUT2D eigenvalue weighted by Gasteiger charge is 2.05. The van der Waals surface area contributed by atoms with Gasteiger partial charge >= 0.3 is 0 Å². The lowest BCUT2D eigenvalue weighted by atomic mass is 10.2. The Bertz CT molecular complexity index is 302. The molecule has 1 aromatic carbocycles. The summed E-state index contributed by atoms with van der Waals surface area (Å²) in [5.41, 5.74) is 0.565. The maximum atomic E-state index is 13.3. The molecule has 1 atom stereocenters. The van der Waals surface area contributed by atoms with E-state index < -0.39 is 0 Å². The molecule has 14 heavy (non-hydrogen) atoms. The standard InChI is InChI=1S/C10H12Cl2FN/c1-7(11)5-14-6-8-3-2-4-9(12)10(8)13/h2-4,7,14H,5-6H2,1H3. The zero-order chi connectivity index (χ0) is 10.6. The summed E-state index contributed by atoms with van der Waals surface area (Å²) in [7, 11) is 0. The lowest BCUT2D eigenvalue weighted by Gasteiger charge is -2.07. The summed E-state index contributed by atoms with van der Waals surface area (Å²) in [6.45, 7) is 2.97. The Morgan fingerprint density at radius 1 is 1.50 bits per heavy atom. The monoisotopic (exact) mass is 235 g/mol. The van der Waals surface area contributed by atoms with Gasteiger partial charge in [0.15, 0.2) is 0 Å². The molecule has 78 valence electrons. The number of rotatable bonds is 4. The number of halogens is 3. The number of nitrogens with one attached hydrogen (secondary N) is 1. The number of alkyl halides is 1. The number of hydrogen-bond donors (Lipinski definition) is 1. The normalized spacial score (nSPS) is 12.9. The van der Waals surface area contributed by atoms with Crippen LogP contribution >= 0.6 is 23.2 Å². The van der Waals surface area contributed by atoms with Crippen LogP contribution in [-0.2, 0) is 6.54 Å². The molecule has 0 radical (unpaired) electrons. The van der Waals surface area contributed by atoms with Crippen molar-refractivity contribution in [1.29, 1.82) is 0 Å². The maximum absolute atomic E-state index is 13.3. The van der Waals surface area contributed by atoms with E-state index in [4.69, 9.17) is 23.2 Å². The molecule has 0 saturated heterocycles. The fraction of sp³-hybridized carbons (Fsp3) is 0.400. The summed E-state index contributed by atoms with van der Waals surface area (Å²) in [5.74, 6) is -0.358. The first kappa shape index (κ1) is 11.8. The first-order valence-corrected chi connectivity index (χ1v) is 5.20. The van der Waals surface area contributed by atoms with Crippen molar-refractivity contribution in [2.75, 3.05) is 6.54 Å². The minimum atomic E-state index is -0.358. The number of benzene rings is 1. The zero-order valence-corrected chi connectivity index (χ0v) is 9.37. The van der Waals surface area contributed by atoms with Gasteiger partial charge in [-0.1, -0.05) is 23.7 Å². The molecule has 0 aromatic heterocycles. The summed E-state index contributed by atoms with van der Waals surface area (Å²) in [5, 5.41) is 3.23. The highest BCUT2D eigenvalue weighted by molar-refractivity contribution is 6.30. The van der Waals surface area contributed by atoms with Gasteiger partial charge in [0.05, 0.1) is 5.02 Å². The summed E-state index contributed by atoms with van der Waals surface area (Å²) < 4.78 is 13.3. The predicted octanol–water partition coefficient (Wildman–Crippen LogP) is 3.20. The zero-order valence-electron chi connectivity index (χ0n) is 7.86. The second-order valence-electron chi connectivity index (χ2n) is 3.12. The number of hydrogen-bond acceptors (Lipinski definition) is 1. The molecule has 0 fully saturated rings. The van der Waals surface area contributed by atoms with Crippen LogP contribution in [-0.4, -0.2) is 11.9 Å². The third-order valence-corrected chi connectivity index (χ3v) is 2.22. The minimum Gasteiger partial charge on any atom is -0.311 e. The molecule has 1 aromatic rings. The fourth-order valence-corrected chi connectivity index (χ4v) is 1.39. The Morgan fingerprint density at radius 3 is 2.86 bits per heavy atom. The lowest BCUT2D eigenvalue weighted by molar-refractivity contribution is 0.588. The van der Waals surface area contributed by atoms with E-state index in [1.807, 2.05) is 6.92 Å². The third kappa shape index (κ3) is 3.45. The molecule has 1 unspecified atom stereocenters. The van der Waals surface area contributed by atoms with Crippen molar-refractivity contribution in [3.63, 3.8) is 0 Å². The molecular formula is C10H12Cl2FN. The van der Waals surface area contributed by atoms with Crippen molar-refractivity contribution in [2.45, 2.75) is 18.8 Å². The molecule has 4 heteroatoms. The van der Waals surface area contributed by atoms with E-state index in [1.54, 1.807) is 12.1 Å². The van der Waals surface area contributed by atoms with Gasteiger partial charge in [-0.3, -0.25) is 0 Å². The van der Waals surface area contributed by atoms with Gasteiger partial charge in [-0.25, -0.2) is 4.39 Å². The van der Waals surface area contributed by atoms with Gasteiger partial charge in [0.25, 0.3) is 0 Å². The van der Waals surface area contributed by atoms with Crippen molar-refractivity contribution in [3.8, 4) is 0 Å². The molecule has 0 aliphatic heterocycles. The molecule has 0 amide bonds. The average molecular weight is 236 g/mol. The quantitative estimate of drug-likeness (QED) is 0.791. The van der Waals surface area contributed by atoms with Crippen LogP contribution in [0.5, 0.6) is 0 Å². The van der Waals surface area contributed by atoms with Crippen LogP contribution in [0.1, 0.15) is 12.5 Å². The Morgan fingerprint density at radius 2 is 2.21 bits per heavy atom. The summed E-state index contributed by atoms with van der Waals surface area (Å²) in [6.07, 6.45) is 0. The third-order valence-electron chi connectivity index (χ3n) is 1.77. The molecule has 0 saturated carbocycles. The van der Waals surface area contributed by atoms with Crippen LogP contribution in [0.2, 0.25) is 5.02 Å². The molecule has 0 spiro atoms. The van der Waals surface area contributed by atoms with E-state index in [-0.39, 0.29) is 16.2 Å². The average Bonchev–Trinajstić information content (AvgIpc) is 2.12. The van der Waals surface area contributed by atoms with Gasteiger partial charge in [-0.05, 0) is 13.0 Å². The Balaban J connectivity index is 2.54. The van der Waals surface area contributed by atoms with Crippen LogP contribution in [0.25, 0.3) is 0 Å². The van der Waals surface area contributed by atoms with Gasteiger partial charge in [-0.15, -0.1) is 11.6 Å². The Labute approximate surface area is 93.2 Å². The minimum absolute atomic E-state index is 0.0391. The second kappa shape index (κ2) is 5.54. The van der Waals surface area contributed by atoms with Gasteiger partial charge < -0.3 is 5.32 Å². The molecular weight excluding hydrogens is 224 g/mol. The topological polar surface area (TPSA) is 12.0 Å².